The lowest BCUT2D eigenvalue weighted by atomic mass is 9.99. The van der Waals surface area contributed by atoms with Gasteiger partial charge in [0.2, 0.25) is 0 Å². The molecule has 0 amide bonds. The van der Waals surface area contributed by atoms with E-state index in [0.29, 0.717) is 0 Å². The first kappa shape index (κ1) is 17.8. The van der Waals surface area contributed by atoms with E-state index >= 15 is 0 Å². The van der Waals surface area contributed by atoms with Crippen molar-refractivity contribution in [1.82, 2.24) is 9.97 Å². The van der Waals surface area contributed by atoms with Crippen LogP contribution in [0.1, 0.15) is 0 Å². The molecule has 0 saturated heterocycles. The van der Waals surface area contributed by atoms with Gasteiger partial charge in [-0.2, -0.15) is 0 Å². The summed E-state index contributed by atoms with van der Waals surface area (Å²) in [6, 6.07) is 35.3. The number of aromatic nitrogens is 2. The van der Waals surface area contributed by atoms with Gasteiger partial charge in [-0.05, 0) is 35.4 Å². The Bertz CT molecular complexity index is 1300. The van der Waals surface area contributed by atoms with Crippen molar-refractivity contribution in [3.63, 3.8) is 0 Å². The Kier molecular flexibility index (Phi) is 4.66. The summed E-state index contributed by atoms with van der Waals surface area (Å²) in [6.07, 6.45) is 0. The topological polar surface area (TPSA) is 25.8 Å². The Hall–Kier alpha value is -3.30. The standard InChI is InChI=1S/C26H17BrN2/c27-22-15-13-19(14-16-22)26-28-24-12-5-4-11-23(24)25(29-26)21-10-6-9-20(17-21)18-7-2-1-3-8-18/h1-17H. The van der Waals surface area contributed by atoms with Crippen LogP contribution in [-0.4, -0.2) is 9.97 Å². The summed E-state index contributed by atoms with van der Waals surface area (Å²) in [4.78, 5) is 9.79. The molecule has 1 heterocycles. The molecule has 4 aromatic carbocycles. The number of benzene rings is 4. The van der Waals surface area contributed by atoms with Crippen LogP contribution < -0.4 is 0 Å². The molecule has 5 rings (SSSR count). The van der Waals surface area contributed by atoms with Gasteiger partial charge in [0.1, 0.15) is 0 Å². The minimum absolute atomic E-state index is 0.733. The third-order valence-electron chi connectivity index (χ3n) is 4.95. The first-order valence-electron chi connectivity index (χ1n) is 9.46. The van der Waals surface area contributed by atoms with Gasteiger partial charge in [0.05, 0.1) is 11.2 Å². The quantitative estimate of drug-likeness (QED) is 0.294. The third kappa shape index (κ3) is 3.57. The van der Waals surface area contributed by atoms with Crippen molar-refractivity contribution < 1.29 is 0 Å². The fraction of sp³-hybridized carbons (Fsp3) is 0. The van der Waals surface area contributed by atoms with Gasteiger partial charge in [-0.25, -0.2) is 9.97 Å². The average Bonchev–Trinajstić information content (AvgIpc) is 2.79. The van der Waals surface area contributed by atoms with Gasteiger partial charge in [-0.1, -0.05) is 94.8 Å². The number of hydrogen-bond acceptors (Lipinski definition) is 2. The van der Waals surface area contributed by atoms with Crippen molar-refractivity contribution in [1.29, 1.82) is 0 Å². The minimum Gasteiger partial charge on any atom is -0.228 e. The molecule has 0 aliphatic rings. The van der Waals surface area contributed by atoms with Crippen molar-refractivity contribution in [3.05, 3.63) is 108 Å². The molecular weight excluding hydrogens is 420 g/mol. The molecule has 0 spiro atoms. The van der Waals surface area contributed by atoms with Crippen LogP contribution in [0.5, 0.6) is 0 Å². The second-order valence-corrected chi connectivity index (χ2v) is 7.78. The average molecular weight is 437 g/mol. The number of halogens is 1. The van der Waals surface area contributed by atoms with Crippen LogP contribution >= 0.6 is 15.9 Å². The molecule has 0 aliphatic carbocycles. The van der Waals surface area contributed by atoms with E-state index in [-0.39, 0.29) is 0 Å². The van der Waals surface area contributed by atoms with Crippen molar-refractivity contribution in [2.45, 2.75) is 0 Å². The van der Waals surface area contributed by atoms with Gasteiger partial charge >= 0.3 is 0 Å². The largest absolute Gasteiger partial charge is 0.228 e. The Labute approximate surface area is 178 Å². The molecule has 0 N–H and O–H groups in total. The van der Waals surface area contributed by atoms with Gasteiger partial charge in [0.25, 0.3) is 0 Å². The molecular formula is C26H17BrN2. The first-order valence-corrected chi connectivity index (χ1v) is 10.3. The van der Waals surface area contributed by atoms with Crippen molar-refractivity contribution in [2.24, 2.45) is 0 Å². The maximum absolute atomic E-state index is 4.98. The van der Waals surface area contributed by atoms with E-state index in [9.17, 15) is 0 Å². The van der Waals surface area contributed by atoms with Crippen LogP contribution in [0.25, 0.3) is 44.7 Å². The van der Waals surface area contributed by atoms with Crippen LogP contribution in [0, 0.1) is 0 Å². The molecule has 0 unspecified atom stereocenters. The number of rotatable bonds is 3. The van der Waals surface area contributed by atoms with E-state index in [1.54, 1.807) is 0 Å². The number of hydrogen-bond donors (Lipinski definition) is 0. The van der Waals surface area contributed by atoms with Crippen LogP contribution in [0.2, 0.25) is 0 Å². The van der Waals surface area contributed by atoms with Crippen LogP contribution in [0.3, 0.4) is 0 Å². The molecule has 1 aromatic heterocycles. The SMILES string of the molecule is Brc1ccc(-c2nc(-c3cccc(-c4ccccc4)c3)c3ccccc3n2)cc1. The summed E-state index contributed by atoms with van der Waals surface area (Å²) in [5, 5.41) is 1.05. The predicted octanol–water partition coefficient (Wildman–Crippen LogP) is 7.39. The summed E-state index contributed by atoms with van der Waals surface area (Å²) in [5.41, 5.74) is 6.35. The lowest BCUT2D eigenvalue weighted by Gasteiger charge is -2.11. The maximum Gasteiger partial charge on any atom is 0.160 e. The fourth-order valence-electron chi connectivity index (χ4n) is 3.50. The second kappa shape index (κ2) is 7.61. The highest BCUT2D eigenvalue weighted by molar-refractivity contribution is 9.10. The zero-order chi connectivity index (χ0) is 19.6. The minimum atomic E-state index is 0.733. The molecule has 0 aliphatic heterocycles. The van der Waals surface area contributed by atoms with E-state index in [4.69, 9.17) is 9.97 Å². The van der Waals surface area contributed by atoms with E-state index in [0.717, 1.165) is 38.0 Å². The molecule has 0 saturated carbocycles. The Balaban J connectivity index is 1.71. The highest BCUT2D eigenvalue weighted by Crippen LogP contribution is 2.31. The molecule has 3 heteroatoms. The molecule has 0 radical (unpaired) electrons. The van der Waals surface area contributed by atoms with Gasteiger partial charge in [0, 0.05) is 21.0 Å². The molecule has 29 heavy (non-hydrogen) atoms. The summed E-state index contributed by atoms with van der Waals surface area (Å²) in [5.74, 6) is 0.733. The van der Waals surface area contributed by atoms with Crippen LogP contribution in [0.15, 0.2) is 108 Å². The molecule has 0 atom stereocenters. The Morgan fingerprint density at radius 1 is 0.517 bits per heavy atom. The summed E-state index contributed by atoms with van der Waals surface area (Å²) in [6.45, 7) is 0. The highest BCUT2D eigenvalue weighted by atomic mass is 79.9. The van der Waals surface area contributed by atoms with Crippen LogP contribution in [0.4, 0.5) is 0 Å². The zero-order valence-corrected chi connectivity index (χ0v) is 17.2. The van der Waals surface area contributed by atoms with Gasteiger partial charge in [-0.3, -0.25) is 0 Å². The van der Waals surface area contributed by atoms with E-state index in [2.05, 4.69) is 70.5 Å². The zero-order valence-electron chi connectivity index (χ0n) is 15.6. The van der Waals surface area contributed by atoms with E-state index in [1.807, 2.05) is 48.5 Å². The van der Waals surface area contributed by atoms with Gasteiger partial charge in [-0.15, -0.1) is 0 Å². The summed E-state index contributed by atoms with van der Waals surface area (Å²) in [7, 11) is 0. The Morgan fingerprint density at radius 2 is 1.21 bits per heavy atom. The molecule has 0 fully saturated rings. The van der Waals surface area contributed by atoms with Crippen molar-refractivity contribution in [3.8, 4) is 33.8 Å². The number of para-hydroxylation sites is 1. The lowest BCUT2D eigenvalue weighted by Crippen LogP contribution is -1.95. The van der Waals surface area contributed by atoms with Crippen molar-refractivity contribution in [2.75, 3.05) is 0 Å². The monoisotopic (exact) mass is 436 g/mol. The van der Waals surface area contributed by atoms with Gasteiger partial charge < -0.3 is 0 Å². The lowest BCUT2D eigenvalue weighted by molar-refractivity contribution is 1.23. The molecule has 5 aromatic rings. The van der Waals surface area contributed by atoms with E-state index in [1.165, 1.54) is 11.1 Å². The predicted molar refractivity (Wildman–Crippen MR) is 124 cm³/mol. The second-order valence-electron chi connectivity index (χ2n) is 6.87. The van der Waals surface area contributed by atoms with Crippen molar-refractivity contribution >= 4 is 26.8 Å². The summed E-state index contributed by atoms with van der Waals surface area (Å²) < 4.78 is 1.04. The first-order chi connectivity index (χ1) is 14.3. The molecule has 2 nitrogen and oxygen atoms in total. The number of nitrogens with zero attached hydrogens (tertiary/aromatic N) is 2. The number of fused-ring (bicyclic) bond motifs is 1. The molecule has 138 valence electrons. The normalized spacial score (nSPS) is 10.9. The Morgan fingerprint density at radius 3 is 2.03 bits per heavy atom. The van der Waals surface area contributed by atoms with E-state index < -0.39 is 0 Å². The smallest absolute Gasteiger partial charge is 0.160 e. The third-order valence-corrected chi connectivity index (χ3v) is 5.48. The summed E-state index contributed by atoms with van der Waals surface area (Å²) >= 11 is 3.50. The highest BCUT2D eigenvalue weighted by Gasteiger charge is 2.12. The fourth-order valence-corrected chi connectivity index (χ4v) is 3.77. The maximum atomic E-state index is 4.98. The van der Waals surface area contributed by atoms with Crippen LogP contribution in [-0.2, 0) is 0 Å². The molecule has 0 bridgehead atoms. The van der Waals surface area contributed by atoms with Gasteiger partial charge in [0.15, 0.2) is 5.82 Å².